The van der Waals surface area contributed by atoms with Gasteiger partial charge < -0.3 is 20.1 Å². The number of anilines is 1. The molecule has 1 aromatic carbocycles. The lowest BCUT2D eigenvalue weighted by Gasteiger charge is -2.18. The molecule has 2 N–H and O–H groups in total. The molecule has 1 aromatic heterocycles. The van der Waals surface area contributed by atoms with Crippen molar-refractivity contribution in [3.05, 3.63) is 23.6 Å². The number of hydrogen-bond acceptors (Lipinski definition) is 7. The molecule has 2 atom stereocenters. The molecular formula is C16H16ClN3O4S3. The Balaban J connectivity index is 1.42. The van der Waals surface area contributed by atoms with Crippen molar-refractivity contribution in [1.82, 2.24) is 10.3 Å². The van der Waals surface area contributed by atoms with E-state index in [2.05, 4.69) is 15.6 Å². The lowest BCUT2D eigenvalue weighted by molar-refractivity contribution is 0.171. The average molecular weight is 446 g/mol. The maximum atomic E-state index is 11.6. The predicted molar refractivity (Wildman–Crippen MR) is 110 cm³/mol. The molecular weight excluding hydrogens is 430 g/mol. The van der Waals surface area contributed by atoms with E-state index in [0.29, 0.717) is 29.2 Å². The normalized spacial score (nSPS) is 23.0. The molecule has 0 saturated carbocycles. The van der Waals surface area contributed by atoms with Gasteiger partial charge in [-0.15, -0.1) is 22.9 Å². The minimum Gasteiger partial charge on any atom is -0.486 e. The third-order valence-corrected chi connectivity index (χ3v) is 7.52. The Bertz CT molecular complexity index is 979. The maximum Gasteiger partial charge on any atom is 0.189 e. The first kappa shape index (κ1) is 18.7. The Morgan fingerprint density at radius 2 is 2.04 bits per heavy atom. The molecule has 144 valence electrons. The fourth-order valence-electron chi connectivity index (χ4n) is 2.90. The standard InChI is InChI=1S/C16H16ClN3O4S3/c17-10-7-27(21,22)8-12(10)18-15(25)20-16-19-11(6-26-16)9-1-2-13-14(5-9)24-4-3-23-13/h1-2,5-6,10,12H,3-4,7-8H2,(H2,18,19,20,25)/t10-,12+/m0/s1. The number of sulfone groups is 1. The van der Waals surface area contributed by atoms with E-state index in [4.69, 9.17) is 33.3 Å². The summed E-state index contributed by atoms with van der Waals surface area (Å²) in [4.78, 5) is 4.52. The van der Waals surface area contributed by atoms with E-state index in [0.717, 1.165) is 17.0 Å². The van der Waals surface area contributed by atoms with E-state index in [-0.39, 0.29) is 11.5 Å². The fraction of sp³-hybridized carbons (Fsp3) is 0.375. The zero-order chi connectivity index (χ0) is 19.0. The molecule has 1 fully saturated rings. The number of thiocarbonyl (C=S) groups is 1. The number of alkyl halides is 1. The molecule has 7 nitrogen and oxygen atoms in total. The second-order valence-electron chi connectivity index (χ2n) is 6.19. The van der Waals surface area contributed by atoms with Gasteiger partial charge in [0.25, 0.3) is 0 Å². The number of ether oxygens (including phenoxy) is 2. The second kappa shape index (κ2) is 7.42. The fourth-order valence-corrected chi connectivity index (χ4v) is 6.49. The van der Waals surface area contributed by atoms with Gasteiger partial charge in [0.05, 0.1) is 28.6 Å². The first-order chi connectivity index (χ1) is 12.9. The molecule has 2 aromatic rings. The van der Waals surface area contributed by atoms with Crippen LogP contribution in [-0.2, 0) is 9.84 Å². The quantitative estimate of drug-likeness (QED) is 0.549. The van der Waals surface area contributed by atoms with Crippen molar-refractivity contribution in [1.29, 1.82) is 0 Å². The van der Waals surface area contributed by atoms with Gasteiger partial charge in [0, 0.05) is 10.9 Å². The molecule has 4 rings (SSSR count). The smallest absolute Gasteiger partial charge is 0.189 e. The first-order valence-electron chi connectivity index (χ1n) is 8.17. The molecule has 0 aliphatic carbocycles. The Morgan fingerprint density at radius 1 is 1.26 bits per heavy atom. The SMILES string of the molecule is O=S1(=O)C[C@H](Cl)[C@H](NC(=S)Nc2nc(-c3ccc4c(c3)OCCO4)cs2)C1. The van der Waals surface area contributed by atoms with E-state index in [1.54, 1.807) is 0 Å². The summed E-state index contributed by atoms with van der Waals surface area (Å²) in [5.41, 5.74) is 1.69. The van der Waals surface area contributed by atoms with Crippen LogP contribution in [0.1, 0.15) is 0 Å². The molecule has 2 aliphatic heterocycles. The number of fused-ring (bicyclic) bond motifs is 1. The highest BCUT2D eigenvalue weighted by molar-refractivity contribution is 7.91. The van der Waals surface area contributed by atoms with Crippen LogP contribution >= 0.6 is 35.2 Å². The van der Waals surface area contributed by atoms with Gasteiger partial charge in [-0.1, -0.05) is 0 Å². The van der Waals surface area contributed by atoms with Crippen molar-refractivity contribution in [3.63, 3.8) is 0 Å². The summed E-state index contributed by atoms with van der Waals surface area (Å²) < 4.78 is 34.4. The van der Waals surface area contributed by atoms with Crippen molar-refractivity contribution >= 4 is 55.2 Å². The third kappa shape index (κ3) is 4.29. The molecule has 0 bridgehead atoms. The monoisotopic (exact) mass is 445 g/mol. The molecule has 0 unspecified atom stereocenters. The van der Waals surface area contributed by atoms with E-state index >= 15 is 0 Å². The van der Waals surface area contributed by atoms with Crippen molar-refractivity contribution < 1.29 is 17.9 Å². The van der Waals surface area contributed by atoms with E-state index in [1.165, 1.54) is 11.3 Å². The number of nitrogens with one attached hydrogen (secondary N) is 2. The summed E-state index contributed by atoms with van der Waals surface area (Å²) in [6, 6.07) is 5.27. The Morgan fingerprint density at radius 3 is 2.78 bits per heavy atom. The highest BCUT2D eigenvalue weighted by Gasteiger charge is 2.36. The number of aromatic nitrogens is 1. The van der Waals surface area contributed by atoms with Gasteiger partial charge in [-0.3, -0.25) is 0 Å². The summed E-state index contributed by atoms with van der Waals surface area (Å²) in [6.07, 6.45) is 0. The number of rotatable bonds is 3. The molecule has 0 radical (unpaired) electrons. The molecule has 0 amide bonds. The summed E-state index contributed by atoms with van der Waals surface area (Å²) in [7, 11) is -3.12. The van der Waals surface area contributed by atoms with Crippen LogP contribution in [0.2, 0.25) is 0 Å². The van der Waals surface area contributed by atoms with Gasteiger partial charge in [0.15, 0.2) is 31.6 Å². The van der Waals surface area contributed by atoms with Crippen LogP contribution in [-0.4, -0.2) is 54.7 Å². The minimum absolute atomic E-state index is 0.0245. The molecule has 0 spiro atoms. The third-order valence-electron chi connectivity index (χ3n) is 4.16. The summed E-state index contributed by atoms with van der Waals surface area (Å²) in [6.45, 7) is 1.08. The largest absolute Gasteiger partial charge is 0.486 e. The topological polar surface area (TPSA) is 89.6 Å². The Labute approximate surface area is 171 Å². The van der Waals surface area contributed by atoms with E-state index in [9.17, 15) is 8.42 Å². The van der Waals surface area contributed by atoms with Crippen molar-refractivity contribution in [2.24, 2.45) is 0 Å². The maximum absolute atomic E-state index is 11.6. The lowest BCUT2D eigenvalue weighted by Crippen LogP contribution is -2.42. The Hall–Kier alpha value is -1.62. The van der Waals surface area contributed by atoms with Gasteiger partial charge in [-0.2, -0.15) is 0 Å². The van der Waals surface area contributed by atoms with E-state index < -0.39 is 21.3 Å². The number of benzene rings is 1. The van der Waals surface area contributed by atoms with Crippen LogP contribution in [0.15, 0.2) is 23.6 Å². The van der Waals surface area contributed by atoms with Gasteiger partial charge in [-0.25, -0.2) is 13.4 Å². The van der Waals surface area contributed by atoms with Crippen LogP contribution in [0.25, 0.3) is 11.3 Å². The van der Waals surface area contributed by atoms with E-state index in [1.807, 2.05) is 23.6 Å². The molecule has 11 heteroatoms. The predicted octanol–water partition coefficient (Wildman–Crippen LogP) is 2.27. The highest BCUT2D eigenvalue weighted by Crippen LogP contribution is 2.35. The van der Waals surface area contributed by atoms with Crippen LogP contribution in [0.4, 0.5) is 5.13 Å². The van der Waals surface area contributed by atoms with Crippen LogP contribution in [0.5, 0.6) is 11.5 Å². The van der Waals surface area contributed by atoms with Gasteiger partial charge in [0.2, 0.25) is 0 Å². The molecule has 1 saturated heterocycles. The number of nitrogens with zero attached hydrogens (tertiary/aromatic N) is 1. The second-order valence-corrected chi connectivity index (χ2v) is 10.2. The molecule has 27 heavy (non-hydrogen) atoms. The zero-order valence-corrected chi connectivity index (χ0v) is 17.2. The number of thiazole rings is 1. The van der Waals surface area contributed by atoms with Crippen molar-refractivity contribution in [2.45, 2.75) is 11.4 Å². The number of halogens is 1. The summed E-state index contributed by atoms with van der Waals surface area (Å²) in [5.74, 6) is 1.36. The highest BCUT2D eigenvalue weighted by atomic mass is 35.5. The van der Waals surface area contributed by atoms with Crippen molar-refractivity contribution in [3.8, 4) is 22.8 Å². The number of hydrogen-bond donors (Lipinski definition) is 2. The van der Waals surface area contributed by atoms with Crippen LogP contribution in [0.3, 0.4) is 0 Å². The first-order valence-corrected chi connectivity index (χ1v) is 11.7. The summed E-state index contributed by atoms with van der Waals surface area (Å²) >= 11 is 12.7. The lowest BCUT2D eigenvalue weighted by atomic mass is 10.1. The average Bonchev–Trinajstić information content (AvgIpc) is 3.18. The zero-order valence-electron chi connectivity index (χ0n) is 14.0. The van der Waals surface area contributed by atoms with Gasteiger partial charge >= 0.3 is 0 Å². The molecule has 3 heterocycles. The van der Waals surface area contributed by atoms with Crippen LogP contribution < -0.4 is 20.1 Å². The molecule has 2 aliphatic rings. The van der Waals surface area contributed by atoms with Gasteiger partial charge in [-0.05, 0) is 30.4 Å². The van der Waals surface area contributed by atoms with Crippen molar-refractivity contribution in [2.75, 3.05) is 30.0 Å². The van der Waals surface area contributed by atoms with Gasteiger partial charge in [0.1, 0.15) is 13.2 Å². The summed E-state index contributed by atoms with van der Waals surface area (Å²) in [5, 5.41) is 8.25. The van der Waals surface area contributed by atoms with Crippen LogP contribution in [0, 0.1) is 0 Å². The minimum atomic E-state index is -3.12. The Kier molecular flexibility index (Phi) is 5.15.